The molecule has 0 bridgehead atoms. The summed E-state index contributed by atoms with van der Waals surface area (Å²) in [4.78, 5) is 9.57. The maximum atomic E-state index is 4.65. The monoisotopic (exact) mass is 195 g/mol. The summed E-state index contributed by atoms with van der Waals surface area (Å²) in [5.41, 5.74) is 0. The molecule has 3 heteroatoms. The zero-order chi connectivity index (χ0) is 9.97. The van der Waals surface area contributed by atoms with Gasteiger partial charge in [0.25, 0.3) is 0 Å². The van der Waals surface area contributed by atoms with E-state index in [1.807, 2.05) is 0 Å². The van der Waals surface area contributed by atoms with Crippen molar-refractivity contribution in [3.05, 3.63) is 0 Å². The van der Waals surface area contributed by atoms with Gasteiger partial charge < -0.3 is 9.80 Å². The van der Waals surface area contributed by atoms with Crippen LogP contribution in [0, 0.1) is 5.92 Å². The fraction of sp³-hybridized carbons (Fsp3) is 0.909. The Hall–Kier alpha value is -0.730. The second-order valence-electron chi connectivity index (χ2n) is 4.72. The normalized spacial score (nSPS) is 22.4. The maximum absolute atomic E-state index is 4.65. The molecule has 3 nitrogen and oxygen atoms in total. The summed E-state index contributed by atoms with van der Waals surface area (Å²) in [5, 5.41) is 0. The molecular formula is C11H21N3. The fourth-order valence-electron chi connectivity index (χ4n) is 2.32. The van der Waals surface area contributed by atoms with E-state index < -0.39 is 0 Å². The summed E-state index contributed by atoms with van der Waals surface area (Å²) in [6.45, 7) is 10.4. The summed E-state index contributed by atoms with van der Waals surface area (Å²) in [6, 6.07) is 0. The highest BCUT2D eigenvalue weighted by Crippen LogP contribution is 2.15. The van der Waals surface area contributed by atoms with Crippen molar-refractivity contribution in [2.75, 3.05) is 32.7 Å². The predicted molar refractivity (Wildman–Crippen MR) is 59.5 cm³/mol. The fourth-order valence-corrected chi connectivity index (χ4v) is 2.32. The van der Waals surface area contributed by atoms with Crippen molar-refractivity contribution in [2.24, 2.45) is 10.9 Å². The van der Waals surface area contributed by atoms with Gasteiger partial charge in [0.2, 0.25) is 0 Å². The Morgan fingerprint density at radius 2 is 2.00 bits per heavy atom. The lowest BCUT2D eigenvalue weighted by Crippen LogP contribution is -2.53. The molecule has 0 spiro atoms. The number of aliphatic imine (C=N–C) groups is 1. The lowest BCUT2D eigenvalue weighted by atomic mass is 10.1. The van der Waals surface area contributed by atoms with Crippen LogP contribution in [-0.2, 0) is 0 Å². The molecule has 0 amide bonds. The highest BCUT2D eigenvalue weighted by Gasteiger charge is 2.25. The van der Waals surface area contributed by atoms with Gasteiger partial charge in [-0.15, -0.1) is 0 Å². The summed E-state index contributed by atoms with van der Waals surface area (Å²) >= 11 is 0. The third kappa shape index (κ3) is 2.02. The molecule has 0 atom stereocenters. The lowest BCUT2D eigenvalue weighted by Gasteiger charge is -2.41. The number of nitrogens with zero attached hydrogens (tertiary/aromatic N) is 3. The van der Waals surface area contributed by atoms with Crippen molar-refractivity contribution in [1.29, 1.82) is 0 Å². The highest BCUT2D eigenvalue weighted by atomic mass is 15.4. The number of hydrogen-bond donors (Lipinski definition) is 0. The molecule has 0 unspecified atom stereocenters. The maximum Gasteiger partial charge on any atom is 0.196 e. The molecule has 0 N–H and O–H groups in total. The lowest BCUT2D eigenvalue weighted by molar-refractivity contribution is 0.229. The molecule has 0 aromatic heterocycles. The predicted octanol–water partition coefficient (Wildman–Crippen LogP) is 1.41. The van der Waals surface area contributed by atoms with E-state index in [9.17, 15) is 0 Å². The molecule has 0 aliphatic carbocycles. The second kappa shape index (κ2) is 4.20. The third-order valence-electron chi connectivity index (χ3n) is 2.85. The molecule has 2 aliphatic heterocycles. The van der Waals surface area contributed by atoms with Crippen molar-refractivity contribution in [2.45, 2.75) is 26.7 Å². The van der Waals surface area contributed by atoms with Crippen LogP contribution in [0.15, 0.2) is 4.99 Å². The summed E-state index contributed by atoms with van der Waals surface area (Å²) < 4.78 is 0. The minimum atomic E-state index is 0.736. The van der Waals surface area contributed by atoms with Gasteiger partial charge in [0.1, 0.15) is 0 Å². The van der Waals surface area contributed by atoms with Gasteiger partial charge in [0.15, 0.2) is 5.96 Å². The Morgan fingerprint density at radius 1 is 1.21 bits per heavy atom. The third-order valence-corrected chi connectivity index (χ3v) is 2.85. The van der Waals surface area contributed by atoms with Crippen LogP contribution < -0.4 is 0 Å². The molecule has 1 saturated heterocycles. The van der Waals surface area contributed by atoms with Crippen molar-refractivity contribution in [3.8, 4) is 0 Å². The SMILES string of the molecule is CC(C)CN1CCCN2CCCN=C21. The van der Waals surface area contributed by atoms with Crippen LogP contribution in [-0.4, -0.2) is 48.5 Å². The number of fused-ring (bicyclic) bond motifs is 1. The van der Waals surface area contributed by atoms with Crippen LogP contribution in [0.1, 0.15) is 26.7 Å². The Kier molecular flexibility index (Phi) is 2.94. The van der Waals surface area contributed by atoms with Crippen LogP contribution in [0.3, 0.4) is 0 Å². The summed E-state index contributed by atoms with van der Waals surface area (Å²) in [7, 11) is 0. The van der Waals surface area contributed by atoms with Crippen LogP contribution in [0.4, 0.5) is 0 Å². The van der Waals surface area contributed by atoms with E-state index in [4.69, 9.17) is 0 Å². The average Bonchev–Trinajstić information content (AvgIpc) is 2.18. The van der Waals surface area contributed by atoms with E-state index in [1.54, 1.807) is 0 Å². The number of guanidine groups is 1. The van der Waals surface area contributed by atoms with Gasteiger partial charge in [-0.05, 0) is 18.8 Å². The first-order valence-corrected chi connectivity index (χ1v) is 5.81. The smallest absolute Gasteiger partial charge is 0.196 e. The average molecular weight is 195 g/mol. The molecular weight excluding hydrogens is 174 g/mol. The van der Waals surface area contributed by atoms with Crippen LogP contribution in [0.25, 0.3) is 0 Å². The zero-order valence-corrected chi connectivity index (χ0v) is 9.37. The van der Waals surface area contributed by atoms with Gasteiger partial charge in [-0.1, -0.05) is 13.8 Å². The molecule has 2 rings (SSSR count). The van der Waals surface area contributed by atoms with Gasteiger partial charge >= 0.3 is 0 Å². The van der Waals surface area contributed by atoms with Crippen molar-refractivity contribution in [3.63, 3.8) is 0 Å². The molecule has 80 valence electrons. The zero-order valence-electron chi connectivity index (χ0n) is 9.37. The molecule has 0 aromatic rings. The standard InChI is InChI=1S/C11H21N3/c1-10(2)9-14-8-4-7-13-6-3-5-12-11(13)14/h10H,3-9H2,1-2H3. The van der Waals surface area contributed by atoms with Crippen LogP contribution in [0.2, 0.25) is 0 Å². The Morgan fingerprint density at radius 3 is 2.79 bits per heavy atom. The first kappa shape index (κ1) is 9.81. The van der Waals surface area contributed by atoms with Crippen molar-refractivity contribution in [1.82, 2.24) is 9.80 Å². The molecule has 0 saturated carbocycles. The Bertz CT molecular complexity index is 223. The molecule has 0 aromatic carbocycles. The second-order valence-corrected chi connectivity index (χ2v) is 4.72. The Balaban J connectivity index is 2.04. The van der Waals surface area contributed by atoms with E-state index in [2.05, 4.69) is 28.6 Å². The van der Waals surface area contributed by atoms with E-state index >= 15 is 0 Å². The number of rotatable bonds is 2. The topological polar surface area (TPSA) is 18.8 Å². The van der Waals surface area contributed by atoms with E-state index in [1.165, 1.54) is 38.4 Å². The molecule has 2 heterocycles. The summed E-state index contributed by atoms with van der Waals surface area (Å²) in [5.74, 6) is 2.01. The van der Waals surface area contributed by atoms with E-state index in [0.717, 1.165) is 19.0 Å². The molecule has 1 fully saturated rings. The van der Waals surface area contributed by atoms with Gasteiger partial charge in [0.05, 0.1) is 0 Å². The van der Waals surface area contributed by atoms with Crippen molar-refractivity contribution >= 4 is 5.96 Å². The van der Waals surface area contributed by atoms with Crippen molar-refractivity contribution < 1.29 is 0 Å². The largest absolute Gasteiger partial charge is 0.343 e. The number of hydrogen-bond acceptors (Lipinski definition) is 3. The Labute approximate surface area is 86.8 Å². The molecule has 14 heavy (non-hydrogen) atoms. The van der Waals surface area contributed by atoms with Crippen LogP contribution >= 0.6 is 0 Å². The van der Waals surface area contributed by atoms with Gasteiger partial charge in [-0.2, -0.15) is 0 Å². The van der Waals surface area contributed by atoms with Crippen LogP contribution in [0.5, 0.6) is 0 Å². The highest BCUT2D eigenvalue weighted by molar-refractivity contribution is 5.81. The molecule has 2 aliphatic rings. The first-order chi connectivity index (χ1) is 6.77. The summed E-state index contributed by atoms with van der Waals surface area (Å²) in [6.07, 6.45) is 2.53. The van der Waals surface area contributed by atoms with Gasteiger partial charge in [0, 0.05) is 32.7 Å². The van der Waals surface area contributed by atoms with Gasteiger partial charge in [-0.25, -0.2) is 0 Å². The van der Waals surface area contributed by atoms with E-state index in [0.29, 0.717) is 0 Å². The minimum Gasteiger partial charge on any atom is -0.343 e. The van der Waals surface area contributed by atoms with Gasteiger partial charge in [-0.3, -0.25) is 4.99 Å². The molecule has 0 radical (unpaired) electrons. The quantitative estimate of drug-likeness (QED) is 0.663. The first-order valence-electron chi connectivity index (χ1n) is 5.81. The van der Waals surface area contributed by atoms with E-state index in [-0.39, 0.29) is 0 Å². The minimum absolute atomic E-state index is 0.736.